The van der Waals surface area contributed by atoms with Crippen molar-refractivity contribution in [3.8, 4) is 11.5 Å². The second kappa shape index (κ2) is 4.10. The summed E-state index contributed by atoms with van der Waals surface area (Å²) in [7, 11) is 1.93. The quantitative estimate of drug-likeness (QED) is 0.721. The number of aryl methyl sites for hydroxylation is 1. The van der Waals surface area contributed by atoms with Crippen molar-refractivity contribution in [3.63, 3.8) is 0 Å². The van der Waals surface area contributed by atoms with E-state index in [0.717, 1.165) is 23.4 Å². The summed E-state index contributed by atoms with van der Waals surface area (Å²) < 4.78 is 1.92. The molecule has 3 rings (SSSR count). The summed E-state index contributed by atoms with van der Waals surface area (Å²) in [4.78, 5) is 13.2. The average Bonchev–Trinajstić information content (AvgIpc) is 2.97. The Hall–Kier alpha value is -2.44. The molecule has 0 aromatic carbocycles. The van der Waals surface area contributed by atoms with Gasteiger partial charge in [-0.2, -0.15) is 10.1 Å². The van der Waals surface area contributed by atoms with Crippen LogP contribution in [0.5, 0.6) is 0 Å². The first kappa shape index (κ1) is 10.7. The fraction of sp³-hybridized carbons (Fsp3) is 0.273. The van der Waals surface area contributed by atoms with Gasteiger partial charge in [-0.25, -0.2) is 9.97 Å². The average molecular weight is 243 g/mol. The van der Waals surface area contributed by atoms with E-state index in [2.05, 4.69) is 30.5 Å². The standard InChI is InChI=1S/C11H13N7/c1-3-12-11-15-8(10-13-4-5-18(10)2)7-6-14-17-9(7)16-11/h4-6H,3H2,1-2H3,(H2,12,14,15,16,17). The number of nitrogens with one attached hydrogen (secondary N) is 2. The molecular weight excluding hydrogens is 230 g/mol. The Bertz CT molecular complexity index is 682. The molecule has 92 valence electrons. The van der Waals surface area contributed by atoms with Crippen LogP contribution < -0.4 is 5.32 Å². The third kappa shape index (κ3) is 1.60. The highest BCUT2D eigenvalue weighted by Crippen LogP contribution is 2.24. The topological polar surface area (TPSA) is 84.3 Å². The summed E-state index contributed by atoms with van der Waals surface area (Å²) in [6.07, 6.45) is 5.35. The van der Waals surface area contributed by atoms with Crippen molar-refractivity contribution < 1.29 is 0 Å². The molecule has 7 nitrogen and oxygen atoms in total. The molecule has 0 saturated carbocycles. The number of rotatable bonds is 3. The molecule has 0 aliphatic carbocycles. The lowest BCUT2D eigenvalue weighted by Gasteiger charge is -2.06. The SMILES string of the molecule is CCNc1nc(-c2nccn2C)c2cn[nH]c2n1. The van der Waals surface area contributed by atoms with E-state index in [-0.39, 0.29) is 0 Å². The van der Waals surface area contributed by atoms with Crippen molar-refractivity contribution in [1.82, 2.24) is 29.7 Å². The van der Waals surface area contributed by atoms with Gasteiger partial charge in [0.05, 0.1) is 11.6 Å². The number of hydrogen-bond acceptors (Lipinski definition) is 5. The molecule has 0 unspecified atom stereocenters. The van der Waals surface area contributed by atoms with Gasteiger partial charge >= 0.3 is 0 Å². The Balaban J connectivity index is 2.26. The molecule has 0 atom stereocenters. The second-order valence-corrected chi connectivity index (χ2v) is 3.92. The van der Waals surface area contributed by atoms with Gasteiger partial charge in [-0.15, -0.1) is 0 Å². The van der Waals surface area contributed by atoms with Crippen LogP contribution >= 0.6 is 0 Å². The number of nitrogens with zero attached hydrogens (tertiary/aromatic N) is 5. The van der Waals surface area contributed by atoms with Crippen LogP contribution in [0, 0.1) is 0 Å². The van der Waals surface area contributed by atoms with E-state index in [1.807, 2.05) is 24.7 Å². The monoisotopic (exact) mass is 243 g/mol. The van der Waals surface area contributed by atoms with E-state index in [1.54, 1.807) is 12.4 Å². The molecule has 0 aliphatic rings. The van der Waals surface area contributed by atoms with Crippen LogP contribution in [0.3, 0.4) is 0 Å². The van der Waals surface area contributed by atoms with E-state index < -0.39 is 0 Å². The molecule has 0 saturated heterocycles. The molecule has 0 bridgehead atoms. The largest absolute Gasteiger partial charge is 0.354 e. The van der Waals surface area contributed by atoms with Crippen LogP contribution in [0.4, 0.5) is 5.95 Å². The maximum atomic E-state index is 4.50. The number of anilines is 1. The lowest BCUT2D eigenvalue weighted by Crippen LogP contribution is -2.04. The highest BCUT2D eigenvalue weighted by atomic mass is 15.2. The number of H-pyrrole nitrogens is 1. The summed E-state index contributed by atoms with van der Waals surface area (Å²) in [5.41, 5.74) is 1.48. The molecule has 18 heavy (non-hydrogen) atoms. The third-order valence-electron chi connectivity index (χ3n) is 2.68. The summed E-state index contributed by atoms with van der Waals surface area (Å²) in [6, 6.07) is 0. The number of fused-ring (bicyclic) bond motifs is 1. The minimum Gasteiger partial charge on any atom is -0.354 e. The smallest absolute Gasteiger partial charge is 0.225 e. The molecule has 3 aromatic heterocycles. The number of imidazole rings is 1. The first-order chi connectivity index (χ1) is 8.79. The lowest BCUT2D eigenvalue weighted by molar-refractivity contribution is 0.918. The summed E-state index contributed by atoms with van der Waals surface area (Å²) in [6.45, 7) is 2.76. The Morgan fingerprint density at radius 2 is 2.28 bits per heavy atom. The molecule has 0 aliphatic heterocycles. The summed E-state index contributed by atoms with van der Waals surface area (Å²) >= 11 is 0. The second-order valence-electron chi connectivity index (χ2n) is 3.92. The van der Waals surface area contributed by atoms with Gasteiger partial charge in [0.15, 0.2) is 11.5 Å². The van der Waals surface area contributed by atoms with Gasteiger partial charge in [0.2, 0.25) is 5.95 Å². The molecule has 0 amide bonds. The van der Waals surface area contributed by atoms with Crippen LogP contribution in [-0.2, 0) is 7.05 Å². The zero-order chi connectivity index (χ0) is 12.5. The highest BCUT2D eigenvalue weighted by molar-refractivity contribution is 5.88. The highest BCUT2D eigenvalue weighted by Gasteiger charge is 2.14. The van der Waals surface area contributed by atoms with E-state index >= 15 is 0 Å². The summed E-state index contributed by atoms with van der Waals surface area (Å²) in [5.74, 6) is 1.37. The van der Waals surface area contributed by atoms with Crippen LogP contribution in [0.1, 0.15) is 6.92 Å². The Morgan fingerprint density at radius 3 is 3.00 bits per heavy atom. The van der Waals surface area contributed by atoms with Crippen molar-refractivity contribution in [1.29, 1.82) is 0 Å². The zero-order valence-corrected chi connectivity index (χ0v) is 10.2. The molecule has 2 N–H and O–H groups in total. The molecule has 3 heterocycles. The van der Waals surface area contributed by atoms with Gasteiger partial charge in [0.25, 0.3) is 0 Å². The zero-order valence-electron chi connectivity index (χ0n) is 10.2. The normalized spacial score (nSPS) is 11.0. The molecule has 3 aromatic rings. The Kier molecular flexibility index (Phi) is 2.44. The molecule has 0 fully saturated rings. The van der Waals surface area contributed by atoms with Crippen molar-refractivity contribution in [2.75, 3.05) is 11.9 Å². The predicted molar refractivity (Wildman–Crippen MR) is 68.0 cm³/mol. The van der Waals surface area contributed by atoms with Crippen LogP contribution in [0.2, 0.25) is 0 Å². The first-order valence-electron chi connectivity index (χ1n) is 5.72. The van der Waals surface area contributed by atoms with Crippen molar-refractivity contribution in [2.45, 2.75) is 6.92 Å². The van der Waals surface area contributed by atoms with Crippen LogP contribution in [0.25, 0.3) is 22.6 Å². The minimum absolute atomic E-state index is 0.576. The van der Waals surface area contributed by atoms with E-state index in [4.69, 9.17) is 0 Å². The van der Waals surface area contributed by atoms with E-state index in [0.29, 0.717) is 11.6 Å². The molecular formula is C11H13N7. The maximum absolute atomic E-state index is 4.50. The van der Waals surface area contributed by atoms with Gasteiger partial charge in [0, 0.05) is 26.0 Å². The fourth-order valence-electron chi connectivity index (χ4n) is 1.84. The molecule has 7 heteroatoms. The Morgan fingerprint density at radius 1 is 1.39 bits per heavy atom. The van der Waals surface area contributed by atoms with Crippen LogP contribution in [0.15, 0.2) is 18.6 Å². The third-order valence-corrected chi connectivity index (χ3v) is 2.68. The van der Waals surface area contributed by atoms with Crippen molar-refractivity contribution >= 4 is 17.0 Å². The Labute approximate surface area is 103 Å². The lowest BCUT2D eigenvalue weighted by atomic mass is 10.3. The molecule has 0 radical (unpaired) electrons. The van der Waals surface area contributed by atoms with Crippen LogP contribution in [-0.4, -0.2) is 36.3 Å². The van der Waals surface area contributed by atoms with Gasteiger partial charge in [-0.05, 0) is 6.92 Å². The summed E-state index contributed by atoms with van der Waals surface area (Å²) in [5, 5.41) is 10.8. The van der Waals surface area contributed by atoms with E-state index in [9.17, 15) is 0 Å². The van der Waals surface area contributed by atoms with Crippen molar-refractivity contribution in [2.24, 2.45) is 7.05 Å². The maximum Gasteiger partial charge on any atom is 0.225 e. The van der Waals surface area contributed by atoms with Crippen molar-refractivity contribution in [3.05, 3.63) is 18.6 Å². The minimum atomic E-state index is 0.576. The van der Waals surface area contributed by atoms with E-state index in [1.165, 1.54) is 0 Å². The van der Waals surface area contributed by atoms with Gasteiger partial charge in [-0.1, -0.05) is 0 Å². The number of aromatic amines is 1. The van der Waals surface area contributed by atoms with Gasteiger partial charge in [-0.3, -0.25) is 5.10 Å². The number of aromatic nitrogens is 6. The van der Waals surface area contributed by atoms with Gasteiger partial charge < -0.3 is 9.88 Å². The number of hydrogen-bond donors (Lipinski definition) is 2. The molecule has 0 spiro atoms. The van der Waals surface area contributed by atoms with Gasteiger partial charge in [0.1, 0.15) is 5.69 Å². The fourth-order valence-corrected chi connectivity index (χ4v) is 1.84. The predicted octanol–water partition coefficient (Wildman–Crippen LogP) is 1.19. The first-order valence-corrected chi connectivity index (χ1v) is 5.72.